The largest absolute Gasteiger partial charge is 0.453 e. The molecule has 1 aromatic carbocycles. The summed E-state index contributed by atoms with van der Waals surface area (Å²) in [4.78, 5) is 18.9. The van der Waals surface area contributed by atoms with Crippen LogP contribution in [0.2, 0.25) is 0 Å². The van der Waals surface area contributed by atoms with Crippen LogP contribution in [-0.2, 0) is 26.6 Å². The fraction of sp³-hybridized carbons (Fsp3) is 0.364. The topological polar surface area (TPSA) is 79.9 Å². The van der Waals surface area contributed by atoms with E-state index in [9.17, 15) is 4.79 Å². The predicted octanol–water partition coefficient (Wildman–Crippen LogP) is 3.83. The van der Waals surface area contributed by atoms with Crippen LogP contribution in [-0.4, -0.2) is 59.5 Å². The Morgan fingerprint density at radius 2 is 2.19 bits per heavy atom. The van der Waals surface area contributed by atoms with Crippen molar-refractivity contribution in [3.05, 3.63) is 53.6 Å². The lowest BCUT2D eigenvalue weighted by Crippen LogP contribution is -2.46. The van der Waals surface area contributed by atoms with Gasteiger partial charge >= 0.3 is 6.09 Å². The highest BCUT2D eigenvalue weighted by Crippen LogP contribution is 2.30. The van der Waals surface area contributed by atoms with Crippen LogP contribution < -0.4 is 0 Å². The molecule has 7 nitrogen and oxygen atoms in total. The Kier molecular flexibility index (Phi) is 6.06. The quantitative estimate of drug-likeness (QED) is 0.663. The molecule has 1 aliphatic rings. The number of aryl methyl sites for hydroxylation is 1. The van der Waals surface area contributed by atoms with E-state index >= 15 is 4.39 Å². The van der Waals surface area contributed by atoms with Crippen molar-refractivity contribution in [3.63, 3.8) is 0 Å². The molecule has 31 heavy (non-hydrogen) atoms. The summed E-state index contributed by atoms with van der Waals surface area (Å²) in [5.74, 6) is -0.397. The van der Waals surface area contributed by atoms with E-state index in [2.05, 4.69) is 0 Å². The van der Waals surface area contributed by atoms with Crippen molar-refractivity contribution in [2.75, 3.05) is 33.1 Å². The minimum atomic E-state index is -0.777. The number of amides is 1. The Morgan fingerprint density at radius 1 is 1.39 bits per heavy atom. The summed E-state index contributed by atoms with van der Waals surface area (Å²) in [6.45, 7) is 3.27. The van der Waals surface area contributed by atoms with Gasteiger partial charge in [-0.05, 0) is 49.1 Å². The van der Waals surface area contributed by atoms with E-state index < -0.39 is 16.5 Å². The summed E-state index contributed by atoms with van der Waals surface area (Å²) in [6, 6.07) is 8.83. The molecule has 3 aromatic rings. The second kappa shape index (κ2) is 8.76. The summed E-state index contributed by atoms with van der Waals surface area (Å²) in [5.41, 5.74) is 3.55. The maximum Gasteiger partial charge on any atom is 0.409 e. The molecule has 164 valence electrons. The number of nitrogens with one attached hydrogen (secondary N) is 1. The van der Waals surface area contributed by atoms with E-state index in [-0.39, 0.29) is 12.2 Å². The molecule has 0 spiro atoms. The minimum Gasteiger partial charge on any atom is -0.453 e. The number of fused-ring (bicyclic) bond motifs is 1. The van der Waals surface area contributed by atoms with E-state index in [4.69, 9.17) is 19.2 Å². The maximum absolute atomic E-state index is 15.0. The molecule has 1 saturated heterocycles. The van der Waals surface area contributed by atoms with Crippen LogP contribution in [0.1, 0.15) is 11.3 Å². The fourth-order valence-corrected chi connectivity index (χ4v) is 4.39. The first-order chi connectivity index (χ1) is 14.9. The highest BCUT2D eigenvalue weighted by atomic mass is 32.2. The molecule has 2 unspecified atom stereocenters. The van der Waals surface area contributed by atoms with Crippen molar-refractivity contribution in [1.29, 1.82) is 4.78 Å². The van der Waals surface area contributed by atoms with Gasteiger partial charge in [-0.1, -0.05) is 10.7 Å². The maximum atomic E-state index is 15.0. The molecule has 3 heterocycles. The van der Waals surface area contributed by atoms with Crippen molar-refractivity contribution in [2.24, 2.45) is 0 Å². The van der Waals surface area contributed by atoms with Crippen LogP contribution in [0.5, 0.6) is 0 Å². The lowest BCUT2D eigenvalue weighted by molar-refractivity contribution is -0.0241. The Morgan fingerprint density at radius 3 is 2.90 bits per heavy atom. The standard InChI is InChI=1S/C22H25FN4O3S/c1-14-6-7-27-19(11-15-13-26(8-9-30-15)22(28)29-2)21(25-20(27)10-14)17-5-4-16(31(3)24)12-18(17)23/h4-7,10,12,15,24H,8-9,11,13H2,1-3H3. The van der Waals surface area contributed by atoms with E-state index in [1.807, 2.05) is 29.7 Å². The highest BCUT2D eigenvalue weighted by molar-refractivity contribution is 7.85. The number of benzene rings is 1. The molecule has 0 aliphatic carbocycles. The Hall–Kier alpha value is -2.78. The van der Waals surface area contributed by atoms with Crippen LogP contribution in [0.25, 0.3) is 16.9 Å². The molecule has 9 heteroatoms. The lowest BCUT2D eigenvalue weighted by Gasteiger charge is -2.32. The molecule has 1 N–H and O–H groups in total. The fourth-order valence-electron chi connectivity index (χ4n) is 3.84. The number of pyridine rings is 1. The number of nitrogens with zero attached hydrogens (tertiary/aromatic N) is 3. The number of hydrogen-bond donors (Lipinski definition) is 1. The third-order valence-corrected chi connectivity index (χ3v) is 6.38. The first-order valence-electron chi connectivity index (χ1n) is 9.96. The number of carbonyl (C=O) groups is 1. The summed E-state index contributed by atoms with van der Waals surface area (Å²) in [6.07, 6.45) is 3.49. The molecule has 1 fully saturated rings. The van der Waals surface area contributed by atoms with Crippen molar-refractivity contribution in [2.45, 2.75) is 24.3 Å². The smallest absolute Gasteiger partial charge is 0.409 e. The van der Waals surface area contributed by atoms with Crippen LogP contribution in [0, 0.1) is 17.5 Å². The van der Waals surface area contributed by atoms with Crippen LogP contribution in [0.3, 0.4) is 0 Å². The molecule has 0 bridgehead atoms. The summed E-state index contributed by atoms with van der Waals surface area (Å²) in [5, 5.41) is 0. The third kappa shape index (κ3) is 4.33. The number of aromatic nitrogens is 2. The molecule has 1 aliphatic heterocycles. The number of morpholine rings is 1. The van der Waals surface area contributed by atoms with E-state index in [0.29, 0.717) is 42.3 Å². The van der Waals surface area contributed by atoms with E-state index in [1.54, 1.807) is 23.3 Å². The van der Waals surface area contributed by atoms with Crippen LogP contribution >= 0.6 is 0 Å². The van der Waals surface area contributed by atoms with Crippen LogP contribution in [0.15, 0.2) is 41.4 Å². The first kappa shape index (κ1) is 21.5. The molecule has 2 atom stereocenters. The second-order valence-electron chi connectivity index (χ2n) is 7.60. The molecule has 4 rings (SSSR count). The van der Waals surface area contributed by atoms with E-state index in [0.717, 1.165) is 16.9 Å². The molecule has 1 amide bonds. The SMILES string of the molecule is COC(=O)N1CCOC(Cc2c(-c3ccc(S(C)=N)cc3F)nc3cc(C)ccn23)C1. The Labute approximate surface area is 182 Å². The zero-order chi connectivity index (χ0) is 22.1. The Bertz CT molecular complexity index is 1160. The number of imidazole rings is 1. The van der Waals surface area contributed by atoms with Gasteiger partial charge in [-0.15, -0.1) is 0 Å². The van der Waals surface area contributed by atoms with Gasteiger partial charge in [0.2, 0.25) is 0 Å². The number of halogens is 1. The molecular formula is C22H25FN4O3S. The summed E-state index contributed by atoms with van der Waals surface area (Å²) < 4.78 is 35.6. The minimum absolute atomic E-state index is 0.259. The summed E-state index contributed by atoms with van der Waals surface area (Å²) in [7, 11) is 0.586. The zero-order valence-electron chi connectivity index (χ0n) is 17.7. The van der Waals surface area contributed by atoms with Gasteiger partial charge in [0.25, 0.3) is 0 Å². The van der Waals surface area contributed by atoms with Gasteiger partial charge in [0.15, 0.2) is 0 Å². The van der Waals surface area contributed by atoms with Gasteiger partial charge in [0, 0.05) is 29.6 Å². The number of hydrogen-bond acceptors (Lipinski definition) is 5. The molecule has 0 radical (unpaired) electrons. The van der Waals surface area contributed by atoms with Crippen molar-refractivity contribution in [3.8, 4) is 11.3 Å². The van der Waals surface area contributed by atoms with Gasteiger partial charge in [0.05, 0.1) is 37.8 Å². The van der Waals surface area contributed by atoms with Gasteiger partial charge in [-0.2, -0.15) is 0 Å². The first-order valence-corrected chi connectivity index (χ1v) is 11.6. The average molecular weight is 445 g/mol. The number of carbonyl (C=O) groups excluding carboxylic acids is 1. The highest BCUT2D eigenvalue weighted by Gasteiger charge is 2.28. The van der Waals surface area contributed by atoms with Crippen molar-refractivity contribution >= 4 is 22.4 Å². The number of methoxy groups -OCH3 is 1. The molecular weight excluding hydrogens is 419 g/mol. The van der Waals surface area contributed by atoms with Crippen molar-refractivity contribution in [1.82, 2.24) is 14.3 Å². The Balaban J connectivity index is 1.76. The normalized spacial score (nSPS) is 17.7. The second-order valence-corrected chi connectivity index (χ2v) is 9.10. The molecule has 2 aromatic heterocycles. The van der Waals surface area contributed by atoms with Gasteiger partial charge in [-0.25, -0.2) is 14.2 Å². The van der Waals surface area contributed by atoms with Gasteiger partial charge < -0.3 is 18.8 Å². The number of ether oxygens (including phenoxy) is 2. The monoisotopic (exact) mass is 444 g/mol. The third-order valence-electron chi connectivity index (χ3n) is 5.42. The lowest BCUT2D eigenvalue weighted by atomic mass is 10.0. The summed E-state index contributed by atoms with van der Waals surface area (Å²) >= 11 is 0. The van der Waals surface area contributed by atoms with E-state index in [1.165, 1.54) is 13.2 Å². The molecule has 0 saturated carbocycles. The van der Waals surface area contributed by atoms with Gasteiger partial charge in [0.1, 0.15) is 11.5 Å². The van der Waals surface area contributed by atoms with Gasteiger partial charge in [-0.3, -0.25) is 4.78 Å². The predicted molar refractivity (Wildman–Crippen MR) is 117 cm³/mol. The average Bonchev–Trinajstić information content (AvgIpc) is 3.10. The van der Waals surface area contributed by atoms with Crippen molar-refractivity contribution < 1.29 is 18.7 Å². The number of rotatable bonds is 4. The zero-order valence-corrected chi connectivity index (χ0v) is 18.5. The van der Waals surface area contributed by atoms with Crippen LogP contribution in [0.4, 0.5) is 9.18 Å².